The average molecular weight is 341 g/mol. The SMILES string of the molecule is COCc1cccc(C(=O)OC(C)C(=O)NCc2ccc(C)cc2)c1. The van der Waals surface area contributed by atoms with Gasteiger partial charge in [0, 0.05) is 13.7 Å². The zero-order chi connectivity index (χ0) is 18.2. The van der Waals surface area contributed by atoms with Crippen LogP contribution in [-0.4, -0.2) is 25.1 Å². The third-order valence-electron chi connectivity index (χ3n) is 3.71. The molecule has 132 valence electrons. The number of rotatable bonds is 7. The van der Waals surface area contributed by atoms with Gasteiger partial charge in [0.1, 0.15) is 0 Å². The quantitative estimate of drug-likeness (QED) is 0.786. The van der Waals surface area contributed by atoms with Gasteiger partial charge in [0.15, 0.2) is 6.10 Å². The Morgan fingerprint density at radius 1 is 1.08 bits per heavy atom. The Bertz CT molecular complexity index is 725. The van der Waals surface area contributed by atoms with Gasteiger partial charge in [-0.05, 0) is 37.1 Å². The van der Waals surface area contributed by atoms with E-state index in [0.29, 0.717) is 18.7 Å². The fourth-order valence-corrected chi connectivity index (χ4v) is 2.28. The predicted octanol–water partition coefficient (Wildman–Crippen LogP) is 3.00. The van der Waals surface area contributed by atoms with Gasteiger partial charge in [0.25, 0.3) is 5.91 Å². The van der Waals surface area contributed by atoms with Crippen LogP contribution in [0.15, 0.2) is 48.5 Å². The highest BCUT2D eigenvalue weighted by molar-refractivity contribution is 5.92. The van der Waals surface area contributed by atoms with Crippen LogP contribution in [0.3, 0.4) is 0 Å². The summed E-state index contributed by atoms with van der Waals surface area (Å²) in [4.78, 5) is 24.3. The maximum absolute atomic E-state index is 12.2. The number of carbonyl (C=O) groups excluding carboxylic acids is 2. The zero-order valence-electron chi connectivity index (χ0n) is 14.7. The minimum Gasteiger partial charge on any atom is -0.449 e. The molecule has 0 radical (unpaired) electrons. The Morgan fingerprint density at radius 2 is 1.80 bits per heavy atom. The molecule has 1 amide bonds. The molecule has 0 bridgehead atoms. The van der Waals surface area contributed by atoms with Crippen molar-refractivity contribution < 1.29 is 19.1 Å². The fraction of sp³-hybridized carbons (Fsp3) is 0.300. The van der Waals surface area contributed by atoms with Crippen LogP contribution in [0, 0.1) is 6.92 Å². The van der Waals surface area contributed by atoms with Crippen molar-refractivity contribution in [3.63, 3.8) is 0 Å². The molecule has 0 aliphatic carbocycles. The first kappa shape index (κ1) is 18.7. The van der Waals surface area contributed by atoms with E-state index >= 15 is 0 Å². The molecule has 0 heterocycles. The normalized spacial score (nSPS) is 11.6. The maximum atomic E-state index is 12.2. The number of amides is 1. The van der Waals surface area contributed by atoms with Gasteiger partial charge in [-0.15, -0.1) is 0 Å². The summed E-state index contributed by atoms with van der Waals surface area (Å²) in [6, 6.07) is 14.8. The van der Waals surface area contributed by atoms with Crippen LogP contribution in [0.5, 0.6) is 0 Å². The lowest BCUT2D eigenvalue weighted by Gasteiger charge is -2.14. The number of ether oxygens (including phenoxy) is 2. The number of esters is 1. The second-order valence-corrected chi connectivity index (χ2v) is 5.88. The molecule has 2 rings (SSSR count). The Hall–Kier alpha value is -2.66. The summed E-state index contributed by atoms with van der Waals surface area (Å²) in [6.07, 6.45) is -0.871. The van der Waals surface area contributed by atoms with E-state index in [1.165, 1.54) is 0 Å². The molecule has 1 atom stereocenters. The molecule has 0 aromatic heterocycles. The van der Waals surface area contributed by atoms with E-state index in [1.54, 1.807) is 32.2 Å². The molecule has 25 heavy (non-hydrogen) atoms. The van der Waals surface area contributed by atoms with Crippen molar-refractivity contribution in [2.24, 2.45) is 0 Å². The molecular formula is C20H23NO4. The molecule has 1 N–H and O–H groups in total. The first-order valence-electron chi connectivity index (χ1n) is 8.11. The van der Waals surface area contributed by atoms with Gasteiger partial charge in [0.2, 0.25) is 0 Å². The number of benzene rings is 2. The molecule has 0 spiro atoms. The molecule has 0 saturated carbocycles. The number of hydrogen-bond donors (Lipinski definition) is 1. The van der Waals surface area contributed by atoms with Gasteiger partial charge in [0.05, 0.1) is 12.2 Å². The molecule has 5 heteroatoms. The van der Waals surface area contributed by atoms with Crippen molar-refractivity contribution in [3.05, 3.63) is 70.8 Å². The first-order valence-corrected chi connectivity index (χ1v) is 8.11. The summed E-state index contributed by atoms with van der Waals surface area (Å²) < 4.78 is 10.3. The van der Waals surface area contributed by atoms with Crippen LogP contribution < -0.4 is 5.32 Å². The van der Waals surface area contributed by atoms with Gasteiger partial charge in [-0.3, -0.25) is 4.79 Å². The third kappa shape index (κ3) is 5.72. The minimum atomic E-state index is -0.871. The van der Waals surface area contributed by atoms with E-state index in [4.69, 9.17) is 9.47 Å². The number of hydrogen-bond acceptors (Lipinski definition) is 4. The highest BCUT2D eigenvalue weighted by Gasteiger charge is 2.18. The molecule has 0 aliphatic rings. The third-order valence-corrected chi connectivity index (χ3v) is 3.71. The number of carbonyl (C=O) groups is 2. The molecule has 2 aromatic rings. The number of nitrogens with one attached hydrogen (secondary N) is 1. The lowest BCUT2D eigenvalue weighted by Crippen LogP contribution is -2.35. The standard InChI is InChI=1S/C20H23NO4/c1-14-7-9-16(10-8-14)12-21-19(22)15(2)25-20(23)18-6-4-5-17(11-18)13-24-3/h4-11,15H,12-13H2,1-3H3,(H,21,22). The van der Waals surface area contributed by atoms with Crippen LogP contribution in [0.1, 0.15) is 34.0 Å². The summed E-state index contributed by atoms with van der Waals surface area (Å²) in [5.41, 5.74) is 3.42. The number of methoxy groups -OCH3 is 1. The molecule has 1 unspecified atom stereocenters. The van der Waals surface area contributed by atoms with Crippen LogP contribution >= 0.6 is 0 Å². The van der Waals surface area contributed by atoms with Crippen molar-refractivity contribution in [1.29, 1.82) is 0 Å². The summed E-state index contributed by atoms with van der Waals surface area (Å²) >= 11 is 0. The molecule has 0 saturated heterocycles. The van der Waals surface area contributed by atoms with Crippen LogP contribution in [0.2, 0.25) is 0 Å². The Labute approximate surface area is 148 Å². The minimum absolute atomic E-state index is 0.332. The van der Waals surface area contributed by atoms with Crippen molar-refractivity contribution in [3.8, 4) is 0 Å². The molecule has 0 fully saturated rings. The van der Waals surface area contributed by atoms with Crippen molar-refractivity contribution in [2.75, 3.05) is 7.11 Å². The monoisotopic (exact) mass is 341 g/mol. The molecule has 5 nitrogen and oxygen atoms in total. The van der Waals surface area contributed by atoms with Crippen LogP contribution in [0.4, 0.5) is 0 Å². The van der Waals surface area contributed by atoms with E-state index in [9.17, 15) is 9.59 Å². The Morgan fingerprint density at radius 3 is 2.48 bits per heavy atom. The van der Waals surface area contributed by atoms with Crippen molar-refractivity contribution >= 4 is 11.9 Å². The molecular weight excluding hydrogens is 318 g/mol. The Balaban J connectivity index is 1.88. The fourth-order valence-electron chi connectivity index (χ4n) is 2.28. The highest BCUT2D eigenvalue weighted by Crippen LogP contribution is 2.09. The molecule has 0 aliphatic heterocycles. The van der Waals surface area contributed by atoms with Crippen molar-refractivity contribution in [1.82, 2.24) is 5.32 Å². The van der Waals surface area contributed by atoms with Gasteiger partial charge in [-0.1, -0.05) is 42.0 Å². The van der Waals surface area contributed by atoms with Gasteiger partial charge >= 0.3 is 5.97 Å². The summed E-state index contributed by atoms with van der Waals surface area (Å²) in [5, 5.41) is 2.77. The van der Waals surface area contributed by atoms with Gasteiger partial charge in [-0.2, -0.15) is 0 Å². The smallest absolute Gasteiger partial charge is 0.338 e. The lowest BCUT2D eigenvalue weighted by atomic mass is 10.1. The first-order chi connectivity index (χ1) is 12.0. The second kappa shape index (κ2) is 8.99. The number of aryl methyl sites for hydroxylation is 1. The highest BCUT2D eigenvalue weighted by atomic mass is 16.5. The molecule has 2 aromatic carbocycles. The second-order valence-electron chi connectivity index (χ2n) is 5.88. The maximum Gasteiger partial charge on any atom is 0.338 e. The van der Waals surface area contributed by atoms with E-state index in [0.717, 1.165) is 16.7 Å². The van der Waals surface area contributed by atoms with E-state index < -0.39 is 12.1 Å². The summed E-state index contributed by atoms with van der Waals surface area (Å²) in [7, 11) is 1.59. The summed E-state index contributed by atoms with van der Waals surface area (Å²) in [6.45, 7) is 4.37. The van der Waals surface area contributed by atoms with Gasteiger partial charge < -0.3 is 14.8 Å². The largest absolute Gasteiger partial charge is 0.449 e. The van der Waals surface area contributed by atoms with Gasteiger partial charge in [-0.25, -0.2) is 4.79 Å². The lowest BCUT2D eigenvalue weighted by molar-refractivity contribution is -0.129. The van der Waals surface area contributed by atoms with Crippen molar-refractivity contribution in [2.45, 2.75) is 33.1 Å². The summed E-state index contributed by atoms with van der Waals surface area (Å²) in [5.74, 6) is -0.863. The zero-order valence-corrected chi connectivity index (χ0v) is 14.7. The topological polar surface area (TPSA) is 64.6 Å². The Kier molecular flexibility index (Phi) is 6.71. The average Bonchev–Trinajstić information content (AvgIpc) is 2.61. The van der Waals surface area contributed by atoms with E-state index in [-0.39, 0.29) is 5.91 Å². The predicted molar refractivity (Wildman–Crippen MR) is 95.1 cm³/mol. The van der Waals surface area contributed by atoms with E-state index in [2.05, 4.69) is 5.32 Å². The van der Waals surface area contributed by atoms with E-state index in [1.807, 2.05) is 37.3 Å². The van der Waals surface area contributed by atoms with Crippen LogP contribution in [-0.2, 0) is 27.4 Å². The van der Waals surface area contributed by atoms with Crippen LogP contribution in [0.25, 0.3) is 0 Å².